The predicted octanol–water partition coefficient (Wildman–Crippen LogP) is 2.91. The van der Waals surface area contributed by atoms with Crippen LogP contribution in [0.4, 0.5) is 5.69 Å². The minimum Gasteiger partial charge on any atom is -0.381 e. The number of halogens is 1. The Labute approximate surface area is 109 Å². The Morgan fingerprint density at radius 3 is 2.94 bits per heavy atom. The number of anilines is 1. The zero-order chi connectivity index (χ0) is 12.1. The quantitative estimate of drug-likeness (QED) is 0.911. The highest BCUT2D eigenvalue weighted by Crippen LogP contribution is 2.16. The molecule has 17 heavy (non-hydrogen) atoms. The van der Waals surface area contributed by atoms with Crippen LogP contribution in [0.25, 0.3) is 0 Å². The lowest BCUT2D eigenvalue weighted by atomic mass is 10.2. The lowest BCUT2D eigenvalue weighted by Gasteiger charge is -2.10. The van der Waals surface area contributed by atoms with Gasteiger partial charge in [-0.15, -0.1) is 0 Å². The summed E-state index contributed by atoms with van der Waals surface area (Å²) in [6.45, 7) is 1.27. The van der Waals surface area contributed by atoms with Gasteiger partial charge in [-0.1, -0.05) is 28.1 Å². The van der Waals surface area contributed by atoms with E-state index in [1.807, 2.05) is 18.2 Å². The smallest absolute Gasteiger partial charge is 0.0419 e. The number of benzene rings is 1. The molecule has 0 fully saturated rings. The molecule has 1 aromatic carbocycles. The van der Waals surface area contributed by atoms with Gasteiger partial charge in [-0.3, -0.25) is 4.98 Å². The molecule has 1 heterocycles. The van der Waals surface area contributed by atoms with E-state index >= 15 is 0 Å². The third kappa shape index (κ3) is 3.28. The lowest BCUT2D eigenvalue weighted by molar-refractivity contribution is 1.03. The minimum atomic E-state index is 0.495. The molecule has 0 radical (unpaired) electrons. The van der Waals surface area contributed by atoms with Gasteiger partial charge in [0.2, 0.25) is 0 Å². The lowest BCUT2D eigenvalue weighted by Crippen LogP contribution is -2.06. The van der Waals surface area contributed by atoms with E-state index in [-0.39, 0.29) is 0 Å². The van der Waals surface area contributed by atoms with E-state index in [2.05, 4.69) is 38.4 Å². The van der Waals surface area contributed by atoms with Crippen LogP contribution < -0.4 is 11.1 Å². The number of nitrogens with two attached hydrogens (primary N) is 1. The molecular formula is C13H14BrN3. The average molecular weight is 292 g/mol. The molecule has 88 valence electrons. The summed E-state index contributed by atoms with van der Waals surface area (Å²) < 4.78 is 1.09. The van der Waals surface area contributed by atoms with Crippen LogP contribution in [0.5, 0.6) is 0 Å². The Hall–Kier alpha value is -1.39. The second-order valence-corrected chi connectivity index (χ2v) is 4.64. The first kappa shape index (κ1) is 12.1. The van der Waals surface area contributed by atoms with Gasteiger partial charge in [-0.05, 0) is 23.8 Å². The average Bonchev–Trinajstić information content (AvgIpc) is 2.37. The van der Waals surface area contributed by atoms with E-state index in [0.29, 0.717) is 6.54 Å². The molecule has 0 saturated heterocycles. The van der Waals surface area contributed by atoms with E-state index in [1.54, 1.807) is 12.4 Å². The van der Waals surface area contributed by atoms with Crippen molar-refractivity contribution in [3.05, 3.63) is 58.3 Å². The number of nitrogens with zero attached hydrogens (tertiary/aromatic N) is 1. The highest BCUT2D eigenvalue weighted by Gasteiger charge is 2.00. The van der Waals surface area contributed by atoms with Gasteiger partial charge in [0.1, 0.15) is 0 Å². The normalized spacial score (nSPS) is 10.2. The third-order valence-corrected chi connectivity index (χ3v) is 2.99. The molecule has 0 spiro atoms. The van der Waals surface area contributed by atoms with Crippen molar-refractivity contribution in [1.82, 2.24) is 4.98 Å². The van der Waals surface area contributed by atoms with Gasteiger partial charge in [-0.25, -0.2) is 0 Å². The van der Waals surface area contributed by atoms with Crippen LogP contribution in [0, 0.1) is 0 Å². The molecule has 3 nitrogen and oxygen atoms in total. The zero-order valence-electron chi connectivity index (χ0n) is 9.36. The molecule has 3 N–H and O–H groups in total. The topological polar surface area (TPSA) is 50.9 Å². The Morgan fingerprint density at radius 2 is 2.18 bits per heavy atom. The second kappa shape index (κ2) is 5.80. The van der Waals surface area contributed by atoms with Crippen LogP contribution in [-0.2, 0) is 13.1 Å². The number of aromatic nitrogens is 1. The van der Waals surface area contributed by atoms with Crippen LogP contribution in [0.2, 0.25) is 0 Å². The molecule has 0 aliphatic carbocycles. The molecule has 2 rings (SSSR count). The van der Waals surface area contributed by atoms with Crippen molar-refractivity contribution in [2.24, 2.45) is 5.73 Å². The summed E-state index contributed by atoms with van der Waals surface area (Å²) in [7, 11) is 0. The summed E-state index contributed by atoms with van der Waals surface area (Å²) in [5.74, 6) is 0. The molecule has 0 atom stereocenters. The van der Waals surface area contributed by atoms with Crippen molar-refractivity contribution in [3.63, 3.8) is 0 Å². The van der Waals surface area contributed by atoms with Crippen molar-refractivity contribution < 1.29 is 0 Å². The largest absolute Gasteiger partial charge is 0.381 e. The standard InChI is InChI=1S/C13H14BrN3/c14-12-3-1-2-10(6-12)8-17-13-4-5-16-9-11(13)7-15/h1-6,9H,7-8,15H2,(H,16,17). The monoisotopic (exact) mass is 291 g/mol. The van der Waals surface area contributed by atoms with Gasteiger partial charge in [0.05, 0.1) is 0 Å². The van der Waals surface area contributed by atoms with Gasteiger partial charge in [0.25, 0.3) is 0 Å². The first-order valence-electron chi connectivity index (χ1n) is 5.41. The molecule has 0 amide bonds. The number of rotatable bonds is 4. The number of hydrogen-bond acceptors (Lipinski definition) is 3. The van der Waals surface area contributed by atoms with E-state index in [0.717, 1.165) is 22.3 Å². The number of hydrogen-bond donors (Lipinski definition) is 2. The van der Waals surface area contributed by atoms with Crippen molar-refractivity contribution in [1.29, 1.82) is 0 Å². The highest BCUT2D eigenvalue weighted by molar-refractivity contribution is 9.10. The van der Waals surface area contributed by atoms with Gasteiger partial charge in [0.15, 0.2) is 0 Å². The summed E-state index contributed by atoms with van der Waals surface area (Å²) in [6, 6.07) is 10.2. The van der Waals surface area contributed by atoms with Crippen molar-refractivity contribution in [2.45, 2.75) is 13.1 Å². The molecule has 0 bridgehead atoms. The van der Waals surface area contributed by atoms with E-state index in [4.69, 9.17) is 5.73 Å². The van der Waals surface area contributed by atoms with Gasteiger partial charge in [0, 0.05) is 41.2 Å². The van der Waals surface area contributed by atoms with Crippen molar-refractivity contribution in [3.8, 4) is 0 Å². The molecule has 0 aliphatic heterocycles. The van der Waals surface area contributed by atoms with Crippen LogP contribution in [0.3, 0.4) is 0 Å². The fourth-order valence-corrected chi connectivity index (χ4v) is 2.05. The maximum Gasteiger partial charge on any atom is 0.0419 e. The first-order valence-corrected chi connectivity index (χ1v) is 6.20. The Bertz CT molecular complexity index is 500. The fourth-order valence-electron chi connectivity index (χ4n) is 1.61. The number of pyridine rings is 1. The van der Waals surface area contributed by atoms with Crippen molar-refractivity contribution >= 4 is 21.6 Å². The summed E-state index contributed by atoms with van der Waals surface area (Å²) in [5.41, 5.74) is 8.95. The maximum atomic E-state index is 5.66. The van der Waals surface area contributed by atoms with Gasteiger partial charge in [-0.2, -0.15) is 0 Å². The van der Waals surface area contributed by atoms with E-state index < -0.39 is 0 Å². The number of nitrogens with one attached hydrogen (secondary N) is 1. The molecule has 0 unspecified atom stereocenters. The van der Waals surface area contributed by atoms with Crippen molar-refractivity contribution in [2.75, 3.05) is 5.32 Å². The van der Waals surface area contributed by atoms with E-state index in [9.17, 15) is 0 Å². The van der Waals surface area contributed by atoms with Crippen LogP contribution in [-0.4, -0.2) is 4.98 Å². The molecule has 1 aromatic heterocycles. The summed E-state index contributed by atoms with van der Waals surface area (Å²) >= 11 is 3.46. The van der Waals surface area contributed by atoms with Gasteiger partial charge < -0.3 is 11.1 Å². The summed E-state index contributed by atoms with van der Waals surface area (Å²) in [4.78, 5) is 4.06. The fraction of sp³-hybridized carbons (Fsp3) is 0.154. The van der Waals surface area contributed by atoms with Crippen LogP contribution >= 0.6 is 15.9 Å². The summed E-state index contributed by atoms with van der Waals surface area (Å²) in [5, 5.41) is 3.37. The highest BCUT2D eigenvalue weighted by atomic mass is 79.9. The van der Waals surface area contributed by atoms with Gasteiger partial charge >= 0.3 is 0 Å². The molecule has 0 saturated carbocycles. The zero-order valence-corrected chi connectivity index (χ0v) is 10.9. The molecule has 0 aliphatic rings. The first-order chi connectivity index (χ1) is 8.29. The SMILES string of the molecule is NCc1cnccc1NCc1cccc(Br)c1. The van der Waals surface area contributed by atoms with Crippen LogP contribution in [0.15, 0.2) is 47.2 Å². The van der Waals surface area contributed by atoms with E-state index in [1.165, 1.54) is 5.56 Å². The predicted molar refractivity (Wildman–Crippen MR) is 73.6 cm³/mol. The second-order valence-electron chi connectivity index (χ2n) is 3.72. The summed E-state index contributed by atoms with van der Waals surface area (Å²) in [6.07, 6.45) is 3.56. The third-order valence-electron chi connectivity index (χ3n) is 2.50. The molecular weight excluding hydrogens is 278 g/mol. The molecule has 4 heteroatoms. The Morgan fingerprint density at radius 1 is 1.29 bits per heavy atom. The van der Waals surface area contributed by atoms with Crippen LogP contribution in [0.1, 0.15) is 11.1 Å². The maximum absolute atomic E-state index is 5.66. The Kier molecular flexibility index (Phi) is 4.12. The Balaban J connectivity index is 2.07. The molecule has 2 aromatic rings. The minimum absolute atomic E-state index is 0.495.